The van der Waals surface area contributed by atoms with E-state index in [2.05, 4.69) is 0 Å². The van der Waals surface area contributed by atoms with Crippen LogP contribution in [0.2, 0.25) is 0 Å². The molecule has 10 nitrogen and oxygen atoms in total. The summed E-state index contributed by atoms with van der Waals surface area (Å²) in [5.74, 6) is -2.71. The molecule has 0 spiro atoms. The number of hydrogen-bond donors (Lipinski definition) is 2. The molecule has 1 aromatic rings. The van der Waals surface area contributed by atoms with E-state index in [4.69, 9.17) is 19.9 Å². The fourth-order valence-electron chi connectivity index (χ4n) is 2.99. The van der Waals surface area contributed by atoms with Gasteiger partial charge < -0.3 is 25.1 Å². The summed E-state index contributed by atoms with van der Waals surface area (Å²) in [5, 5.41) is 9.49. The van der Waals surface area contributed by atoms with Gasteiger partial charge in [0.15, 0.2) is 10.8 Å². The molecule has 2 aliphatic heterocycles. The Morgan fingerprint density at radius 2 is 1.83 bits per heavy atom. The Morgan fingerprint density at radius 1 is 1.20 bits per heavy atom. The summed E-state index contributed by atoms with van der Waals surface area (Å²) in [4.78, 5) is 48.3. The highest BCUT2D eigenvalue weighted by Gasteiger charge is 2.58. The molecule has 3 atom stereocenters. The van der Waals surface area contributed by atoms with E-state index < -0.39 is 41.1 Å². The van der Waals surface area contributed by atoms with Crippen molar-refractivity contribution in [3.8, 4) is 5.75 Å². The number of nitrogens with zero attached hydrogens (tertiary/aromatic N) is 1. The smallest absolute Gasteiger partial charge is 0.359 e. The van der Waals surface area contributed by atoms with Crippen LogP contribution in [0.4, 0.5) is 0 Å². The number of esters is 2. The maximum Gasteiger partial charge on any atom is 0.359 e. The molecule has 3 rings (SSSR count). The van der Waals surface area contributed by atoms with Crippen LogP contribution in [-0.2, 0) is 23.9 Å². The van der Waals surface area contributed by atoms with E-state index in [0.717, 1.165) is 11.8 Å². The van der Waals surface area contributed by atoms with Crippen molar-refractivity contribution < 1.29 is 38.5 Å². The predicted octanol–water partition coefficient (Wildman–Crippen LogP) is 0.352. The summed E-state index contributed by atoms with van der Waals surface area (Å²) in [6.07, 6.45) is -0.901. The van der Waals surface area contributed by atoms with Crippen LogP contribution < -0.4 is 10.5 Å². The number of β-lactam (4-membered cyclic amide) rings is 1. The molecule has 2 amide bonds. The number of primary amides is 1. The van der Waals surface area contributed by atoms with Crippen molar-refractivity contribution in [2.24, 2.45) is 11.7 Å². The molecule has 0 radical (unpaired) electrons. The third-order valence-electron chi connectivity index (χ3n) is 4.43. The first-order chi connectivity index (χ1) is 14.2. The minimum atomic E-state index is -0.901. The largest absolute Gasteiger partial charge is 0.462 e. The third-order valence-corrected chi connectivity index (χ3v) is 5.67. The van der Waals surface area contributed by atoms with Crippen LogP contribution in [0, 0.1) is 5.92 Å². The highest BCUT2D eigenvalue weighted by molar-refractivity contribution is 8.03. The van der Waals surface area contributed by atoms with Crippen LogP contribution in [0.3, 0.4) is 0 Å². The zero-order valence-corrected chi connectivity index (χ0v) is 17.0. The molecule has 1 aromatic carbocycles. The standard InChI is InChI=1S/C19H20N2O8S/c1-9(22)13-16(25)21-14(18(26)28-8-7-27-10(2)23)19(30-17(13)21)29-12-5-3-11(4-6-12)15(20)24/h3-6,9,13,17,22H,7-8H2,1-2H3,(H2,20,24)/t9-,13+,17-/m1/s1. The number of amides is 2. The number of fused-ring (bicyclic) bond motifs is 1. The average molecular weight is 436 g/mol. The van der Waals surface area contributed by atoms with Crippen LogP contribution in [0.15, 0.2) is 35.1 Å². The van der Waals surface area contributed by atoms with E-state index >= 15 is 0 Å². The summed E-state index contributed by atoms with van der Waals surface area (Å²) < 4.78 is 15.6. The number of aliphatic hydroxyl groups excluding tert-OH is 1. The van der Waals surface area contributed by atoms with Crippen molar-refractivity contribution in [1.82, 2.24) is 4.90 Å². The summed E-state index contributed by atoms with van der Waals surface area (Å²) in [7, 11) is 0. The molecule has 11 heteroatoms. The second-order valence-corrected chi connectivity index (χ2v) is 7.68. The average Bonchev–Trinajstić information content (AvgIpc) is 2.99. The Labute approximate surface area is 175 Å². The van der Waals surface area contributed by atoms with Crippen LogP contribution in [-0.4, -0.2) is 58.5 Å². The minimum absolute atomic E-state index is 0.0892. The highest BCUT2D eigenvalue weighted by Crippen LogP contribution is 2.50. The van der Waals surface area contributed by atoms with Gasteiger partial charge in [-0.1, -0.05) is 11.8 Å². The fourth-order valence-corrected chi connectivity index (χ4v) is 4.46. The van der Waals surface area contributed by atoms with Crippen LogP contribution in [0.5, 0.6) is 5.75 Å². The summed E-state index contributed by atoms with van der Waals surface area (Å²) in [5.41, 5.74) is 5.41. The summed E-state index contributed by atoms with van der Waals surface area (Å²) in [6.45, 7) is 2.41. The highest BCUT2D eigenvalue weighted by atomic mass is 32.2. The molecule has 1 fully saturated rings. The lowest BCUT2D eigenvalue weighted by molar-refractivity contribution is -0.159. The van der Waals surface area contributed by atoms with Gasteiger partial charge in [-0.2, -0.15) is 0 Å². The third kappa shape index (κ3) is 4.26. The van der Waals surface area contributed by atoms with Gasteiger partial charge in [0.25, 0.3) is 0 Å². The van der Waals surface area contributed by atoms with Crippen LogP contribution in [0.25, 0.3) is 0 Å². The molecule has 0 aliphatic carbocycles. The zero-order chi connectivity index (χ0) is 22.0. The monoisotopic (exact) mass is 436 g/mol. The molecule has 2 heterocycles. The van der Waals surface area contributed by atoms with Gasteiger partial charge in [0.1, 0.15) is 24.3 Å². The second kappa shape index (κ2) is 8.76. The molecule has 3 N–H and O–H groups in total. The number of benzene rings is 1. The molecular formula is C19H20N2O8S. The number of aliphatic hydroxyl groups is 1. The molecule has 160 valence electrons. The van der Waals surface area contributed by atoms with Gasteiger partial charge in [-0.3, -0.25) is 19.3 Å². The van der Waals surface area contributed by atoms with E-state index in [1.807, 2.05) is 0 Å². The molecular weight excluding hydrogens is 416 g/mol. The van der Waals surface area contributed by atoms with Gasteiger partial charge >= 0.3 is 11.9 Å². The van der Waals surface area contributed by atoms with Crippen molar-refractivity contribution >= 4 is 35.5 Å². The Hall–Kier alpha value is -3.05. The molecule has 0 bridgehead atoms. The molecule has 1 saturated heterocycles. The number of carbonyl (C=O) groups is 4. The number of nitrogens with two attached hydrogens (primary N) is 1. The fraction of sp³-hybridized carbons (Fsp3) is 0.368. The van der Waals surface area contributed by atoms with Gasteiger partial charge in [0.05, 0.1) is 12.0 Å². The lowest BCUT2D eigenvalue weighted by Gasteiger charge is -2.43. The number of rotatable bonds is 8. The molecule has 0 aromatic heterocycles. The maximum absolute atomic E-state index is 12.6. The predicted molar refractivity (Wildman–Crippen MR) is 104 cm³/mol. The van der Waals surface area contributed by atoms with Gasteiger partial charge in [-0.15, -0.1) is 0 Å². The Balaban J connectivity index is 1.80. The number of ether oxygens (including phenoxy) is 3. The topological polar surface area (TPSA) is 145 Å². The molecule has 2 aliphatic rings. The van der Waals surface area contributed by atoms with Crippen molar-refractivity contribution in [3.63, 3.8) is 0 Å². The van der Waals surface area contributed by atoms with Crippen LogP contribution in [0.1, 0.15) is 24.2 Å². The number of thioether (sulfide) groups is 1. The minimum Gasteiger partial charge on any atom is -0.462 e. The Bertz CT molecular complexity index is 912. The number of carbonyl (C=O) groups excluding carboxylic acids is 4. The van der Waals surface area contributed by atoms with Crippen molar-refractivity contribution in [2.75, 3.05) is 13.2 Å². The van der Waals surface area contributed by atoms with E-state index in [0.29, 0.717) is 5.75 Å². The summed E-state index contributed by atoms with van der Waals surface area (Å²) in [6, 6.07) is 5.93. The van der Waals surface area contributed by atoms with E-state index in [1.165, 1.54) is 43.0 Å². The van der Waals surface area contributed by atoms with Gasteiger partial charge in [-0.25, -0.2) is 4.79 Å². The van der Waals surface area contributed by atoms with Crippen LogP contribution >= 0.6 is 11.8 Å². The molecule has 0 unspecified atom stereocenters. The quantitative estimate of drug-likeness (QED) is 0.335. The van der Waals surface area contributed by atoms with Crippen molar-refractivity contribution in [1.29, 1.82) is 0 Å². The van der Waals surface area contributed by atoms with E-state index in [1.54, 1.807) is 0 Å². The lowest BCUT2D eigenvalue weighted by Crippen LogP contribution is -2.60. The zero-order valence-electron chi connectivity index (χ0n) is 16.2. The first kappa shape index (κ1) is 21.7. The maximum atomic E-state index is 12.6. The lowest BCUT2D eigenvalue weighted by atomic mass is 9.92. The van der Waals surface area contributed by atoms with Gasteiger partial charge in [-0.05, 0) is 31.2 Å². The normalized spacial score (nSPS) is 20.9. The van der Waals surface area contributed by atoms with Gasteiger partial charge in [0.2, 0.25) is 11.8 Å². The Kier molecular flexibility index (Phi) is 6.32. The first-order valence-corrected chi connectivity index (χ1v) is 9.89. The van der Waals surface area contributed by atoms with Crippen molar-refractivity contribution in [3.05, 3.63) is 40.6 Å². The first-order valence-electron chi connectivity index (χ1n) is 9.01. The van der Waals surface area contributed by atoms with Crippen molar-refractivity contribution in [2.45, 2.75) is 25.3 Å². The number of hydrogen-bond acceptors (Lipinski definition) is 9. The van der Waals surface area contributed by atoms with E-state index in [-0.39, 0.29) is 29.6 Å². The SMILES string of the molecule is CC(=O)OCCOC(=O)C1=C(Oc2ccc(C(N)=O)cc2)S[C@@H]2[C@@H]([C@@H](C)O)C(=O)N12. The molecule has 30 heavy (non-hydrogen) atoms. The summed E-state index contributed by atoms with van der Waals surface area (Å²) >= 11 is 1.11. The second-order valence-electron chi connectivity index (χ2n) is 6.59. The van der Waals surface area contributed by atoms with Gasteiger partial charge in [0, 0.05) is 12.5 Å². The van der Waals surface area contributed by atoms with E-state index in [9.17, 15) is 24.3 Å². The Morgan fingerprint density at radius 3 is 2.40 bits per heavy atom. The molecule has 0 saturated carbocycles.